The SMILES string of the molecule is II(I)I(I)I(I)I(I)I(I)I.[C-]#[N+]C(C)(C)C. The maximum absolute atomic E-state index is 6.48. The summed E-state index contributed by atoms with van der Waals surface area (Å²) in [5.41, 5.74) is -0.167. The molecular formula is C5H9I12N. The summed E-state index contributed by atoms with van der Waals surface area (Å²) >= 11 is 20.1. The molecule has 0 saturated heterocycles. The standard InChI is InChI=1S/C5H9N.I12/c1-5(2,3)6-4;1-8(2)10(5)12(7)11(6)9(3)4/h1-3H3;. The van der Waals surface area contributed by atoms with Gasteiger partial charge < -0.3 is 4.85 Å². The first kappa shape index (κ1) is 28.5. The van der Waals surface area contributed by atoms with Crippen LogP contribution in [0.4, 0.5) is 0 Å². The summed E-state index contributed by atoms with van der Waals surface area (Å²) in [7, 11) is -1.71. The van der Waals surface area contributed by atoms with E-state index in [4.69, 9.17) is 6.57 Å². The van der Waals surface area contributed by atoms with Crippen LogP contribution in [0.3, 0.4) is 0 Å². The Morgan fingerprint density at radius 3 is 1.06 bits per heavy atom. The maximum Gasteiger partial charge on any atom is 0.224 e. The Morgan fingerprint density at radius 1 is 0.722 bits per heavy atom. The topological polar surface area (TPSA) is 4.36 Å². The molecular weight excluding hydrogens is 1600 g/mol. The van der Waals surface area contributed by atoms with Crippen molar-refractivity contribution < 1.29 is 0 Å². The minimum Gasteiger partial charge on any atom is -0.311 e. The van der Waals surface area contributed by atoms with Gasteiger partial charge in [0.1, 0.15) is 0 Å². The first-order chi connectivity index (χ1) is 7.94. The molecule has 0 aliphatic heterocycles. The molecule has 118 valence electrons. The van der Waals surface area contributed by atoms with Crippen molar-refractivity contribution in [2.75, 3.05) is 0 Å². The van der Waals surface area contributed by atoms with Gasteiger partial charge in [-0.25, -0.2) is 6.57 Å². The van der Waals surface area contributed by atoms with Gasteiger partial charge in [-0.05, 0) is 0 Å². The molecule has 0 aliphatic rings. The first-order valence-electron chi connectivity index (χ1n) is 3.52. The van der Waals surface area contributed by atoms with Crippen molar-refractivity contribution in [3.8, 4) is 0 Å². The Bertz CT molecular complexity index is 240. The van der Waals surface area contributed by atoms with E-state index in [0.29, 0.717) is 0 Å². The molecule has 0 N–H and O–H groups in total. The summed E-state index contributed by atoms with van der Waals surface area (Å²) in [5, 5.41) is 0. The number of halogens is 12. The van der Waals surface area contributed by atoms with Crippen LogP contribution in [0.5, 0.6) is 0 Å². The molecule has 0 atom stereocenters. The molecule has 0 saturated carbocycles. The molecule has 0 rings (SSSR count). The largest absolute Gasteiger partial charge is 0.311 e. The summed E-state index contributed by atoms with van der Waals surface area (Å²) in [5.74, 6) is 0. The average molecular weight is 1610 g/mol. The predicted molar refractivity (Wildman–Crippen MR) is 195 cm³/mol. The van der Waals surface area contributed by atoms with Crippen molar-refractivity contribution in [1.29, 1.82) is 0 Å². The quantitative estimate of drug-likeness (QED) is 0.195. The molecule has 0 aromatic heterocycles. The minimum absolute atomic E-state index is 0.167. The summed E-state index contributed by atoms with van der Waals surface area (Å²) < 4.78 is 0. The normalized spacial score (nSPS) is 14.6. The zero-order chi connectivity index (χ0) is 15.1. The fourth-order valence-corrected chi connectivity index (χ4v) is 1260. The first-order valence-corrected chi connectivity index (χ1v) is 72.7. The molecule has 13 heteroatoms. The van der Waals surface area contributed by atoms with E-state index < -0.39 is 0 Å². The Labute approximate surface area is 199 Å². The molecule has 0 bridgehead atoms. The van der Waals surface area contributed by atoms with Crippen molar-refractivity contribution >= 4 is 170 Å². The van der Waals surface area contributed by atoms with E-state index in [1.54, 1.807) is 0 Å². The van der Waals surface area contributed by atoms with Crippen molar-refractivity contribution in [2.24, 2.45) is 0 Å². The molecule has 0 spiro atoms. The van der Waals surface area contributed by atoms with E-state index in [0.717, 1.165) is 0 Å². The van der Waals surface area contributed by atoms with E-state index in [1.807, 2.05) is 20.8 Å². The van der Waals surface area contributed by atoms with Crippen LogP contribution in [0, 0.1) is 6.57 Å². The van der Waals surface area contributed by atoms with Gasteiger partial charge in [-0.2, -0.15) is 0 Å². The van der Waals surface area contributed by atoms with Gasteiger partial charge >= 0.3 is 170 Å². The van der Waals surface area contributed by atoms with Crippen LogP contribution >= 0.6 is 170 Å². The van der Waals surface area contributed by atoms with E-state index >= 15 is 0 Å². The Morgan fingerprint density at radius 2 is 0.944 bits per heavy atom. The van der Waals surface area contributed by atoms with Gasteiger partial charge in [0.05, 0.1) is 0 Å². The van der Waals surface area contributed by atoms with Gasteiger partial charge in [0, 0.05) is 20.8 Å². The summed E-state index contributed by atoms with van der Waals surface area (Å²) in [6.45, 7) is 12.1. The fourth-order valence-electron chi connectivity index (χ4n) is 0.0926. The van der Waals surface area contributed by atoms with Crippen molar-refractivity contribution in [1.82, 2.24) is 0 Å². The van der Waals surface area contributed by atoms with E-state index in [1.165, 1.54) is 0 Å². The third-order valence-corrected chi connectivity index (χ3v) is 662. The predicted octanol–water partition coefficient (Wildman–Crippen LogP) is 12.3. The molecule has 18 heavy (non-hydrogen) atoms. The molecule has 0 amide bonds. The summed E-state index contributed by atoms with van der Waals surface area (Å²) in [6, 6.07) is 0. The smallest absolute Gasteiger partial charge is 0.224 e. The number of hydrogen-bond acceptors (Lipinski definition) is 0. The van der Waals surface area contributed by atoms with Gasteiger partial charge in [0.2, 0.25) is 5.54 Å². The van der Waals surface area contributed by atoms with Crippen LogP contribution in [0.2, 0.25) is 0 Å². The Balaban J connectivity index is 0. The van der Waals surface area contributed by atoms with Gasteiger partial charge in [-0.15, -0.1) is 0 Å². The Hall–Kier alpha value is 8.25. The second kappa shape index (κ2) is 16.2. The second-order valence-corrected chi connectivity index (χ2v) is 247. The van der Waals surface area contributed by atoms with Crippen molar-refractivity contribution in [2.45, 2.75) is 26.3 Å². The van der Waals surface area contributed by atoms with Gasteiger partial charge in [-0.3, -0.25) is 0 Å². The monoisotopic (exact) mass is 1610 g/mol. The molecule has 0 radical (unpaired) electrons. The van der Waals surface area contributed by atoms with Crippen LogP contribution in [0.1, 0.15) is 20.8 Å². The van der Waals surface area contributed by atoms with Crippen LogP contribution in [-0.4, -0.2) is 5.54 Å². The van der Waals surface area contributed by atoms with E-state index in [2.05, 4.69) is 135 Å². The molecule has 0 unspecified atom stereocenters. The molecule has 1 nitrogen and oxygen atoms in total. The van der Waals surface area contributed by atoms with Gasteiger partial charge in [-0.1, -0.05) is 0 Å². The molecule has 0 aromatic rings. The third kappa shape index (κ3) is 17.7. The second-order valence-electron chi connectivity index (χ2n) is 3.09. The van der Waals surface area contributed by atoms with E-state index in [-0.39, 0.29) is 45.0 Å². The summed E-state index contributed by atoms with van der Waals surface area (Å²) in [4.78, 5) is 3.27. The van der Waals surface area contributed by atoms with Crippen LogP contribution < -0.4 is 0 Å². The number of nitrogens with zero attached hydrogens (tertiary/aromatic N) is 1. The molecule has 0 aromatic carbocycles. The zero-order valence-electron chi connectivity index (χ0n) is 8.98. The van der Waals surface area contributed by atoms with Crippen LogP contribution in [0.15, 0.2) is 0 Å². The van der Waals surface area contributed by atoms with Crippen molar-refractivity contribution in [3.05, 3.63) is 11.4 Å². The maximum atomic E-state index is 6.48. The van der Waals surface area contributed by atoms with E-state index in [9.17, 15) is 0 Å². The molecule has 0 heterocycles. The summed E-state index contributed by atoms with van der Waals surface area (Å²) in [6.07, 6.45) is 0. The molecule has 0 aliphatic carbocycles. The number of hydrogen-bond donors (Lipinski definition) is 0. The van der Waals surface area contributed by atoms with Crippen LogP contribution in [-0.2, 0) is 0 Å². The molecule has 0 fully saturated rings. The average Bonchev–Trinajstić information content (AvgIpc) is 2.25. The Kier molecular flexibility index (Phi) is 25.7. The zero-order valence-corrected chi connectivity index (χ0v) is 34.9. The van der Waals surface area contributed by atoms with Crippen molar-refractivity contribution in [3.63, 3.8) is 0 Å². The van der Waals surface area contributed by atoms with Gasteiger partial charge in [0.25, 0.3) is 0 Å². The third-order valence-electron chi connectivity index (χ3n) is 0.662. The fraction of sp³-hybridized carbons (Fsp3) is 0.800. The minimum atomic E-state index is -0.380. The number of rotatable bonds is 4. The van der Waals surface area contributed by atoms with Gasteiger partial charge in [0.15, 0.2) is 0 Å². The van der Waals surface area contributed by atoms with Crippen LogP contribution in [0.25, 0.3) is 4.85 Å².